The highest BCUT2D eigenvalue weighted by molar-refractivity contribution is 7.86. The Bertz CT molecular complexity index is 614. The number of para-hydroxylation sites is 1. The van der Waals surface area contributed by atoms with Gasteiger partial charge in [0, 0.05) is 11.3 Å². The number of anilines is 1. The quantitative estimate of drug-likeness (QED) is 0.920. The van der Waals surface area contributed by atoms with Gasteiger partial charge in [-0.3, -0.25) is 0 Å². The minimum atomic E-state index is -1.40. The van der Waals surface area contributed by atoms with E-state index in [2.05, 4.69) is 4.72 Å². The van der Waals surface area contributed by atoms with Crippen LogP contribution < -0.4 is 14.2 Å². The lowest BCUT2D eigenvalue weighted by molar-refractivity contribution is 0.381. The molecule has 0 amide bonds. The van der Waals surface area contributed by atoms with E-state index in [4.69, 9.17) is 9.47 Å². The smallest absolute Gasteiger partial charge is 0.154 e. The lowest BCUT2D eigenvalue weighted by Crippen LogP contribution is -2.07. The SMILES string of the molecule is COc1ccc(S(=O)Nc2ccccc2)c(OC)c1C. The molecule has 0 spiro atoms. The van der Waals surface area contributed by atoms with E-state index in [-0.39, 0.29) is 0 Å². The van der Waals surface area contributed by atoms with Crippen LogP contribution in [0.2, 0.25) is 0 Å². The fourth-order valence-corrected chi connectivity index (χ4v) is 2.99. The van der Waals surface area contributed by atoms with Crippen LogP contribution in [0.5, 0.6) is 11.5 Å². The van der Waals surface area contributed by atoms with Crippen molar-refractivity contribution >= 4 is 16.7 Å². The molecule has 2 rings (SSSR count). The molecule has 1 unspecified atom stereocenters. The molecule has 0 fully saturated rings. The van der Waals surface area contributed by atoms with Gasteiger partial charge < -0.3 is 14.2 Å². The zero-order chi connectivity index (χ0) is 14.5. The molecule has 1 atom stereocenters. The van der Waals surface area contributed by atoms with Gasteiger partial charge in [0.05, 0.1) is 14.2 Å². The van der Waals surface area contributed by atoms with Gasteiger partial charge >= 0.3 is 0 Å². The summed E-state index contributed by atoms with van der Waals surface area (Å²) in [5.41, 5.74) is 1.62. The maximum Gasteiger partial charge on any atom is 0.154 e. The Morgan fingerprint density at radius 3 is 2.30 bits per heavy atom. The Morgan fingerprint density at radius 2 is 1.70 bits per heavy atom. The minimum Gasteiger partial charge on any atom is -0.496 e. The molecule has 2 aromatic carbocycles. The fourth-order valence-electron chi connectivity index (χ4n) is 1.94. The number of hydrogen-bond donors (Lipinski definition) is 1. The Morgan fingerprint density at radius 1 is 1.00 bits per heavy atom. The number of methoxy groups -OCH3 is 2. The summed E-state index contributed by atoms with van der Waals surface area (Å²) in [5, 5.41) is 0. The summed E-state index contributed by atoms with van der Waals surface area (Å²) < 4.78 is 26.0. The first-order valence-corrected chi connectivity index (χ1v) is 7.27. The van der Waals surface area contributed by atoms with Crippen LogP contribution in [-0.4, -0.2) is 18.4 Å². The molecule has 106 valence electrons. The third kappa shape index (κ3) is 2.93. The van der Waals surface area contributed by atoms with Gasteiger partial charge in [-0.15, -0.1) is 0 Å². The third-order valence-electron chi connectivity index (χ3n) is 2.93. The van der Waals surface area contributed by atoms with Crippen molar-refractivity contribution in [1.29, 1.82) is 0 Å². The van der Waals surface area contributed by atoms with E-state index < -0.39 is 11.0 Å². The van der Waals surface area contributed by atoms with Gasteiger partial charge in [-0.1, -0.05) is 18.2 Å². The van der Waals surface area contributed by atoms with Crippen LogP contribution in [0.25, 0.3) is 0 Å². The first-order chi connectivity index (χ1) is 9.67. The van der Waals surface area contributed by atoms with E-state index in [0.29, 0.717) is 16.4 Å². The number of nitrogens with one attached hydrogen (secondary N) is 1. The molecule has 0 heterocycles. The summed E-state index contributed by atoms with van der Waals surface area (Å²) in [6.45, 7) is 1.88. The van der Waals surface area contributed by atoms with Crippen LogP contribution in [0.1, 0.15) is 5.56 Å². The second-order valence-corrected chi connectivity index (χ2v) is 5.34. The lowest BCUT2D eigenvalue weighted by Gasteiger charge is -2.14. The predicted molar refractivity (Wildman–Crippen MR) is 80.8 cm³/mol. The van der Waals surface area contributed by atoms with Crippen molar-refractivity contribution in [3.8, 4) is 11.5 Å². The first-order valence-electron chi connectivity index (χ1n) is 6.12. The zero-order valence-corrected chi connectivity index (χ0v) is 12.5. The van der Waals surface area contributed by atoms with Crippen molar-refractivity contribution in [2.24, 2.45) is 0 Å². The van der Waals surface area contributed by atoms with Crippen LogP contribution >= 0.6 is 0 Å². The number of hydrogen-bond acceptors (Lipinski definition) is 3. The van der Waals surface area contributed by atoms with E-state index in [1.807, 2.05) is 37.3 Å². The van der Waals surface area contributed by atoms with Gasteiger partial charge in [0.2, 0.25) is 0 Å². The summed E-state index contributed by atoms with van der Waals surface area (Å²) in [4.78, 5) is 0.592. The van der Waals surface area contributed by atoms with Crippen molar-refractivity contribution in [3.05, 3.63) is 48.0 Å². The molecule has 4 nitrogen and oxygen atoms in total. The number of rotatable bonds is 5. The second-order valence-electron chi connectivity index (χ2n) is 4.16. The molecular formula is C15H17NO3S. The molecule has 0 bridgehead atoms. The molecule has 2 aromatic rings. The van der Waals surface area contributed by atoms with Crippen molar-refractivity contribution in [2.45, 2.75) is 11.8 Å². The minimum absolute atomic E-state index is 0.575. The standard InChI is InChI=1S/C15H17NO3S/c1-11-13(18-2)9-10-14(15(11)19-3)20(17)16-12-7-5-4-6-8-12/h4-10,16H,1-3H3. The average molecular weight is 291 g/mol. The topological polar surface area (TPSA) is 47.6 Å². The van der Waals surface area contributed by atoms with Crippen molar-refractivity contribution in [3.63, 3.8) is 0 Å². The van der Waals surface area contributed by atoms with Crippen molar-refractivity contribution in [1.82, 2.24) is 0 Å². The van der Waals surface area contributed by atoms with Crippen LogP contribution in [0.15, 0.2) is 47.4 Å². The van der Waals surface area contributed by atoms with Gasteiger partial charge in [-0.2, -0.15) is 0 Å². The van der Waals surface area contributed by atoms with Crippen LogP contribution in [-0.2, 0) is 11.0 Å². The van der Waals surface area contributed by atoms with E-state index in [1.54, 1.807) is 26.4 Å². The molecule has 0 aliphatic rings. The highest BCUT2D eigenvalue weighted by Crippen LogP contribution is 2.33. The molecule has 20 heavy (non-hydrogen) atoms. The first kappa shape index (κ1) is 14.4. The number of benzene rings is 2. The van der Waals surface area contributed by atoms with Gasteiger partial charge in [-0.25, -0.2) is 4.21 Å². The molecular weight excluding hydrogens is 274 g/mol. The molecule has 0 saturated carbocycles. The van der Waals surface area contributed by atoms with E-state index in [9.17, 15) is 4.21 Å². The molecule has 0 aromatic heterocycles. The summed E-state index contributed by atoms with van der Waals surface area (Å²) in [6.07, 6.45) is 0. The average Bonchev–Trinajstić information content (AvgIpc) is 2.47. The van der Waals surface area contributed by atoms with Crippen LogP contribution in [0, 0.1) is 6.92 Å². The molecule has 5 heteroatoms. The highest BCUT2D eigenvalue weighted by Gasteiger charge is 2.16. The van der Waals surface area contributed by atoms with Gasteiger partial charge in [0.1, 0.15) is 16.4 Å². The summed E-state index contributed by atoms with van der Waals surface area (Å²) >= 11 is 0. The second kappa shape index (κ2) is 6.43. The molecule has 0 aliphatic heterocycles. The van der Waals surface area contributed by atoms with Gasteiger partial charge in [-0.05, 0) is 31.2 Å². The largest absolute Gasteiger partial charge is 0.496 e. The fraction of sp³-hybridized carbons (Fsp3) is 0.200. The normalized spacial score (nSPS) is 11.8. The van der Waals surface area contributed by atoms with Gasteiger partial charge in [0.15, 0.2) is 11.0 Å². The number of ether oxygens (including phenoxy) is 2. The third-order valence-corrected chi connectivity index (χ3v) is 4.07. The Hall–Kier alpha value is -2.01. The van der Waals surface area contributed by atoms with Crippen molar-refractivity contribution in [2.75, 3.05) is 18.9 Å². The van der Waals surface area contributed by atoms with Crippen LogP contribution in [0.3, 0.4) is 0 Å². The zero-order valence-electron chi connectivity index (χ0n) is 11.7. The highest BCUT2D eigenvalue weighted by atomic mass is 32.2. The predicted octanol–water partition coefficient (Wildman–Crippen LogP) is 3.15. The summed E-state index contributed by atoms with van der Waals surface area (Å²) in [5.74, 6) is 1.29. The van der Waals surface area contributed by atoms with E-state index in [0.717, 1.165) is 11.3 Å². The van der Waals surface area contributed by atoms with E-state index in [1.165, 1.54) is 0 Å². The maximum absolute atomic E-state index is 12.4. The summed E-state index contributed by atoms with van der Waals surface area (Å²) in [6, 6.07) is 12.9. The van der Waals surface area contributed by atoms with Gasteiger partial charge in [0.25, 0.3) is 0 Å². The molecule has 0 aliphatic carbocycles. The Balaban J connectivity index is 2.33. The lowest BCUT2D eigenvalue weighted by atomic mass is 10.2. The maximum atomic E-state index is 12.4. The monoisotopic (exact) mass is 291 g/mol. The van der Waals surface area contributed by atoms with Crippen LogP contribution in [0.4, 0.5) is 5.69 Å². The Kier molecular flexibility index (Phi) is 4.63. The summed E-state index contributed by atoms with van der Waals surface area (Å²) in [7, 11) is 1.76. The molecule has 1 N–H and O–H groups in total. The molecule has 0 saturated heterocycles. The van der Waals surface area contributed by atoms with Crippen molar-refractivity contribution < 1.29 is 13.7 Å². The van der Waals surface area contributed by atoms with E-state index >= 15 is 0 Å². The molecule has 0 radical (unpaired) electrons. The Labute approximate surface area is 121 Å².